The molecule has 0 heterocycles. The summed E-state index contributed by atoms with van der Waals surface area (Å²) in [4.78, 5) is 0. The van der Waals surface area contributed by atoms with Crippen molar-refractivity contribution in [2.45, 2.75) is 139 Å². The van der Waals surface area contributed by atoms with E-state index in [2.05, 4.69) is 48.5 Å². The van der Waals surface area contributed by atoms with Crippen LogP contribution in [0.5, 0.6) is 23.0 Å². The summed E-state index contributed by atoms with van der Waals surface area (Å²) < 4.78 is 26.9. The van der Waals surface area contributed by atoms with Gasteiger partial charge in [0.2, 0.25) is 0 Å². The summed E-state index contributed by atoms with van der Waals surface area (Å²) in [5, 5.41) is 19.8. The van der Waals surface area contributed by atoms with Gasteiger partial charge in [0.15, 0.2) is 0 Å². The number of hydrogen-bond donors (Lipinski definition) is 2. The number of methoxy groups -OCH3 is 2. The monoisotopic (exact) mass is 784 g/mol. The summed E-state index contributed by atoms with van der Waals surface area (Å²) in [7, 11) is 3.74. The van der Waals surface area contributed by atoms with Crippen molar-refractivity contribution in [3.63, 3.8) is 0 Å². The van der Waals surface area contributed by atoms with Crippen molar-refractivity contribution in [2.24, 2.45) is 0 Å². The molecule has 4 aromatic carbocycles. The van der Waals surface area contributed by atoms with Crippen LogP contribution in [0.15, 0.2) is 48.5 Å². The van der Waals surface area contributed by atoms with Gasteiger partial charge in [-0.25, -0.2) is 0 Å². The predicted molar refractivity (Wildman–Crippen MR) is 231 cm³/mol. The molecule has 0 radical (unpaired) electrons. The van der Waals surface area contributed by atoms with Gasteiger partial charge in [-0.1, -0.05) is 61.4 Å². The fourth-order valence-electron chi connectivity index (χ4n) is 11.2. The summed E-state index contributed by atoms with van der Waals surface area (Å²) in [6.45, 7) is 1.21. The second-order valence-electron chi connectivity index (χ2n) is 18.0. The molecule has 0 spiro atoms. The maximum atomic E-state index is 9.89. The summed E-state index contributed by atoms with van der Waals surface area (Å²) in [6, 6.07) is 19.7. The SMILES string of the molecule is COc1c2cc3cc1[C@H]1CC[C@H]1c1cc(cc(c1OCCCO)Cc1cc4cc(c1OC)[C@H]1CC[C@H]1c1cc(cc(c1OCCCO)C2)CCCCC4)CCCCC3. The van der Waals surface area contributed by atoms with Crippen LogP contribution in [0.1, 0.15) is 167 Å². The largest absolute Gasteiger partial charge is 0.496 e. The Morgan fingerprint density at radius 1 is 0.431 bits per heavy atom. The van der Waals surface area contributed by atoms with Crippen molar-refractivity contribution in [1.82, 2.24) is 0 Å². The minimum absolute atomic E-state index is 0.112. The third kappa shape index (κ3) is 7.76. The van der Waals surface area contributed by atoms with Crippen LogP contribution in [-0.4, -0.2) is 50.9 Å². The highest BCUT2D eigenvalue weighted by molar-refractivity contribution is 5.59. The van der Waals surface area contributed by atoms with Gasteiger partial charge in [0, 0.05) is 38.9 Å². The second-order valence-corrected chi connectivity index (χ2v) is 18.0. The molecule has 308 valence electrons. The first-order valence-corrected chi connectivity index (χ1v) is 22.7. The van der Waals surface area contributed by atoms with Crippen molar-refractivity contribution >= 4 is 0 Å². The Kier molecular flexibility index (Phi) is 12.0. The zero-order valence-electron chi connectivity index (χ0n) is 35.0. The Balaban J connectivity index is 1.33. The molecular weight excluding hydrogens is 721 g/mol. The van der Waals surface area contributed by atoms with E-state index in [1.807, 2.05) is 14.2 Å². The van der Waals surface area contributed by atoms with Crippen LogP contribution < -0.4 is 18.9 Å². The molecule has 6 heteroatoms. The maximum absolute atomic E-state index is 9.89. The van der Waals surface area contributed by atoms with E-state index in [0.717, 1.165) is 113 Å². The van der Waals surface area contributed by atoms with Crippen LogP contribution in [0.3, 0.4) is 0 Å². The van der Waals surface area contributed by atoms with Gasteiger partial charge in [0.25, 0.3) is 0 Å². The van der Waals surface area contributed by atoms with E-state index >= 15 is 0 Å². The third-order valence-electron chi connectivity index (χ3n) is 14.3. The van der Waals surface area contributed by atoms with Crippen LogP contribution >= 0.6 is 0 Å². The summed E-state index contributed by atoms with van der Waals surface area (Å²) in [5.74, 6) is 5.34. The van der Waals surface area contributed by atoms with Crippen molar-refractivity contribution in [2.75, 3.05) is 40.6 Å². The highest BCUT2D eigenvalue weighted by Crippen LogP contribution is 2.58. The molecule has 0 amide bonds. The fraction of sp³-hybridized carbons (Fsp3) is 0.538. The molecule has 2 fully saturated rings. The predicted octanol–water partition coefficient (Wildman–Crippen LogP) is 10.6. The number of ether oxygens (including phenoxy) is 4. The Hall–Kier alpha value is -4.00. The molecule has 5 aliphatic rings. The molecule has 58 heavy (non-hydrogen) atoms. The molecule has 0 saturated heterocycles. The van der Waals surface area contributed by atoms with Crippen LogP contribution in [0.25, 0.3) is 0 Å². The molecule has 2 saturated carbocycles. The zero-order valence-corrected chi connectivity index (χ0v) is 35.0. The molecule has 0 aliphatic heterocycles. The van der Waals surface area contributed by atoms with Crippen molar-refractivity contribution < 1.29 is 29.2 Å². The fourth-order valence-corrected chi connectivity index (χ4v) is 11.2. The lowest BCUT2D eigenvalue weighted by atomic mass is 9.64. The van der Waals surface area contributed by atoms with E-state index in [4.69, 9.17) is 18.9 Å². The van der Waals surface area contributed by atoms with Crippen LogP contribution in [-0.2, 0) is 38.5 Å². The van der Waals surface area contributed by atoms with E-state index < -0.39 is 0 Å². The minimum Gasteiger partial charge on any atom is -0.496 e. The summed E-state index contributed by atoms with van der Waals surface area (Å²) >= 11 is 0. The molecule has 9 rings (SSSR count). The van der Waals surface area contributed by atoms with Crippen LogP contribution in [0, 0.1) is 0 Å². The molecule has 4 aromatic rings. The van der Waals surface area contributed by atoms with Gasteiger partial charge in [-0.15, -0.1) is 0 Å². The molecule has 2 N–H and O–H groups in total. The first kappa shape index (κ1) is 39.5. The van der Waals surface area contributed by atoms with Crippen LogP contribution in [0.2, 0.25) is 0 Å². The van der Waals surface area contributed by atoms with E-state index in [1.165, 1.54) is 79.6 Å². The Morgan fingerprint density at radius 2 is 0.741 bits per heavy atom. The second kappa shape index (κ2) is 17.7. The number of fused-ring (bicyclic) bond motifs is 8. The molecule has 0 unspecified atom stereocenters. The van der Waals surface area contributed by atoms with Crippen LogP contribution in [0.4, 0.5) is 0 Å². The summed E-state index contributed by atoms with van der Waals surface area (Å²) in [6.07, 6.45) is 18.4. The summed E-state index contributed by atoms with van der Waals surface area (Å²) in [5.41, 5.74) is 16.0. The normalized spacial score (nSPS) is 22.1. The Morgan fingerprint density at radius 3 is 1.03 bits per heavy atom. The van der Waals surface area contributed by atoms with Crippen molar-refractivity contribution in [1.29, 1.82) is 0 Å². The first-order chi connectivity index (χ1) is 28.6. The number of rotatable bonds is 10. The first-order valence-electron chi connectivity index (χ1n) is 22.7. The average molecular weight is 785 g/mol. The van der Waals surface area contributed by atoms with Gasteiger partial charge in [0.1, 0.15) is 23.0 Å². The van der Waals surface area contributed by atoms with E-state index in [9.17, 15) is 10.2 Å². The van der Waals surface area contributed by atoms with E-state index in [0.29, 0.717) is 49.7 Å². The Labute approximate surface area is 346 Å². The lowest BCUT2D eigenvalue weighted by Gasteiger charge is -2.41. The van der Waals surface area contributed by atoms with Gasteiger partial charge in [-0.3, -0.25) is 0 Å². The molecular formula is C52H64O6. The van der Waals surface area contributed by atoms with Gasteiger partial charge in [0.05, 0.1) is 27.4 Å². The Bertz CT molecular complexity index is 1950. The van der Waals surface area contributed by atoms with Crippen molar-refractivity contribution in [3.8, 4) is 23.0 Å². The third-order valence-corrected chi connectivity index (χ3v) is 14.3. The lowest BCUT2D eigenvalue weighted by Crippen LogP contribution is -2.25. The van der Waals surface area contributed by atoms with E-state index in [1.54, 1.807) is 0 Å². The van der Waals surface area contributed by atoms with Crippen molar-refractivity contribution in [3.05, 3.63) is 115 Å². The minimum atomic E-state index is 0.112. The molecule has 12 bridgehead atoms. The molecule has 5 aliphatic carbocycles. The lowest BCUT2D eigenvalue weighted by molar-refractivity contribution is 0.227. The van der Waals surface area contributed by atoms with Gasteiger partial charge >= 0.3 is 0 Å². The number of aliphatic hydroxyl groups excluding tert-OH is 2. The topological polar surface area (TPSA) is 77.4 Å². The molecule has 4 atom stereocenters. The highest BCUT2D eigenvalue weighted by atomic mass is 16.5. The highest BCUT2D eigenvalue weighted by Gasteiger charge is 2.41. The average Bonchev–Trinajstić information content (AvgIpc) is 3.18. The number of hydrogen-bond acceptors (Lipinski definition) is 6. The standard InChI is InChI=1S/C52H64O6/c1-55-49-37-23-33-11-5-3-7-14-36-26-40(52(58-22-10-20-54)47(29-36)43-17-15-41(43)45(49)27-33)32-38-24-34-12-6-4-8-13-35-25-39(31-37)51(57-21-9-19-53)48(30-35)44-18-16-42(44)46(28-34)50(38)56-2/h23-30,41-44,53-54H,3-22,31-32H2,1-2H3/t41-,42-,43+,44+/m0/s1. The van der Waals surface area contributed by atoms with Gasteiger partial charge in [-0.2, -0.15) is 0 Å². The zero-order chi connectivity index (χ0) is 39.6. The van der Waals surface area contributed by atoms with Gasteiger partial charge in [-0.05, 0) is 167 Å². The molecule has 6 nitrogen and oxygen atoms in total. The number of aryl methyl sites for hydroxylation is 4. The number of aliphatic hydroxyl groups is 2. The van der Waals surface area contributed by atoms with E-state index in [-0.39, 0.29) is 13.2 Å². The quantitative estimate of drug-likeness (QED) is 0.156. The maximum Gasteiger partial charge on any atom is 0.126 e. The molecule has 0 aromatic heterocycles. The smallest absolute Gasteiger partial charge is 0.126 e. The number of benzene rings is 4. The van der Waals surface area contributed by atoms with Gasteiger partial charge < -0.3 is 29.2 Å².